The molecule has 5 nitrogen and oxygen atoms in total. The van der Waals surface area contributed by atoms with Crippen molar-refractivity contribution in [3.8, 4) is 0 Å². The van der Waals surface area contributed by atoms with Crippen molar-refractivity contribution >= 4 is 33.6 Å². The van der Waals surface area contributed by atoms with Crippen LogP contribution in [0.2, 0.25) is 0 Å². The first-order valence-corrected chi connectivity index (χ1v) is 9.99. The van der Waals surface area contributed by atoms with Crippen molar-refractivity contribution in [1.82, 2.24) is 10.2 Å². The van der Waals surface area contributed by atoms with Gasteiger partial charge in [0.2, 0.25) is 5.91 Å². The zero-order valence-electron chi connectivity index (χ0n) is 15.3. The van der Waals surface area contributed by atoms with Crippen molar-refractivity contribution < 1.29 is 9.59 Å². The van der Waals surface area contributed by atoms with Crippen LogP contribution in [0.3, 0.4) is 0 Å². The summed E-state index contributed by atoms with van der Waals surface area (Å²) in [5.74, 6) is -0.194. The van der Waals surface area contributed by atoms with Crippen molar-refractivity contribution in [1.29, 1.82) is 0 Å². The van der Waals surface area contributed by atoms with Gasteiger partial charge < -0.3 is 15.5 Å². The monoisotopic (exact) mass is 429 g/mol. The van der Waals surface area contributed by atoms with Crippen LogP contribution in [0, 0.1) is 5.92 Å². The summed E-state index contributed by atoms with van der Waals surface area (Å²) in [5, 5.41) is 5.98. The van der Waals surface area contributed by atoms with Crippen LogP contribution in [0.15, 0.2) is 59.1 Å². The van der Waals surface area contributed by atoms with E-state index >= 15 is 0 Å². The van der Waals surface area contributed by atoms with Crippen LogP contribution < -0.4 is 10.6 Å². The molecule has 0 aliphatic carbocycles. The molecule has 142 valence electrons. The van der Waals surface area contributed by atoms with E-state index in [2.05, 4.69) is 26.6 Å². The van der Waals surface area contributed by atoms with Crippen molar-refractivity contribution in [2.75, 3.05) is 18.4 Å². The number of nitrogens with one attached hydrogen (secondary N) is 2. The van der Waals surface area contributed by atoms with Crippen LogP contribution in [-0.2, 0) is 4.79 Å². The molecule has 27 heavy (non-hydrogen) atoms. The topological polar surface area (TPSA) is 61.4 Å². The molecule has 3 rings (SSSR count). The van der Waals surface area contributed by atoms with Gasteiger partial charge in [0, 0.05) is 23.2 Å². The van der Waals surface area contributed by atoms with Crippen LogP contribution in [-0.4, -0.2) is 29.9 Å². The Morgan fingerprint density at radius 3 is 2.56 bits per heavy atom. The molecule has 1 saturated heterocycles. The Hall–Kier alpha value is -2.34. The van der Waals surface area contributed by atoms with Crippen LogP contribution in [0.4, 0.5) is 10.5 Å². The van der Waals surface area contributed by atoms with Gasteiger partial charge in [0.05, 0.1) is 12.0 Å². The average Bonchev–Trinajstić information content (AvgIpc) is 2.69. The summed E-state index contributed by atoms with van der Waals surface area (Å²) < 4.78 is 0.977. The van der Waals surface area contributed by atoms with Crippen LogP contribution in [0.5, 0.6) is 0 Å². The van der Waals surface area contributed by atoms with Crippen LogP contribution >= 0.6 is 15.9 Å². The molecule has 2 atom stereocenters. The molecule has 0 aromatic heterocycles. The number of likely N-dealkylation sites (tertiary alicyclic amines) is 1. The van der Waals surface area contributed by atoms with Crippen molar-refractivity contribution in [3.63, 3.8) is 0 Å². The third-order valence-corrected chi connectivity index (χ3v) is 5.56. The standard InChI is InChI=1S/C21H24BrN3O2/c1-15(18-11-5-6-12-19(18)22)23-20(26)16-8-7-13-25(14-16)21(27)24-17-9-3-2-4-10-17/h2-6,9-12,15-16H,7-8,13-14H2,1H3,(H,23,26)(H,24,27). The largest absolute Gasteiger partial charge is 0.349 e. The van der Waals surface area contributed by atoms with Gasteiger partial charge in [-0.05, 0) is 43.5 Å². The van der Waals surface area contributed by atoms with E-state index in [4.69, 9.17) is 0 Å². The summed E-state index contributed by atoms with van der Waals surface area (Å²) in [6.07, 6.45) is 1.62. The van der Waals surface area contributed by atoms with E-state index in [1.54, 1.807) is 4.90 Å². The van der Waals surface area contributed by atoms with Crippen molar-refractivity contribution in [3.05, 3.63) is 64.6 Å². The molecule has 1 fully saturated rings. The number of hydrogen-bond donors (Lipinski definition) is 2. The normalized spacial score (nSPS) is 17.9. The fraction of sp³-hybridized carbons (Fsp3) is 0.333. The summed E-state index contributed by atoms with van der Waals surface area (Å²) in [7, 11) is 0. The van der Waals surface area contributed by atoms with Crippen LogP contribution in [0.25, 0.3) is 0 Å². The SMILES string of the molecule is CC(NC(=O)C1CCCN(C(=O)Nc2ccccc2)C1)c1ccccc1Br. The Kier molecular flexibility index (Phi) is 6.50. The maximum Gasteiger partial charge on any atom is 0.321 e. The number of amides is 3. The van der Waals surface area contributed by atoms with E-state index in [-0.39, 0.29) is 23.9 Å². The second kappa shape index (κ2) is 9.04. The first kappa shape index (κ1) is 19.4. The van der Waals surface area contributed by atoms with E-state index in [1.807, 2.05) is 61.5 Å². The number of hydrogen-bond acceptors (Lipinski definition) is 2. The summed E-state index contributed by atoms with van der Waals surface area (Å²) in [5.41, 5.74) is 1.80. The molecule has 2 unspecified atom stereocenters. The molecule has 2 aromatic rings. The maximum atomic E-state index is 12.7. The quantitative estimate of drug-likeness (QED) is 0.747. The molecule has 1 aliphatic heterocycles. The highest BCUT2D eigenvalue weighted by Gasteiger charge is 2.29. The molecule has 0 saturated carbocycles. The predicted octanol–water partition coefficient (Wildman–Crippen LogP) is 4.57. The van der Waals surface area contributed by atoms with Gasteiger partial charge in [-0.3, -0.25) is 4.79 Å². The first-order valence-electron chi connectivity index (χ1n) is 9.20. The molecule has 6 heteroatoms. The number of urea groups is 1. The highest BCUT2D eigenvalue weighted by Crippen LogP contribution is 2.24. The molecule has 0 bridgehead atoms. The Morgan fingerprint density at radius 1 is 1.11 bits per heavy atom. The molecule has 1 aliphatic rings. The number of anilines is 1. The summed E-state index contributed by atoms with van der Waals surface area (Å²) in [6, 6.07) is 17.0. The minimum atomic E-state index is -0.190. The summed E-state index contributed by atoms with van der Waals surface area (Å²) in [6.45, 7) is 3.08. The Morgan fingerprint density at radius 2 is 1.81 bits per heavy atom. The number of rotatable bonds is 4. The van der Waals surface area contributed by atoms with Gasteiger partial charge in [-0.2, -0.15) is 0 Å². The first-order chi connectivity index (χ1) is 13.0. The lowest BCUT2D eigenvalue weighted by molar-refractivity contribution is -0.126. The Balaban J connectivity index is 1.58. The van der Waals surface area contributed by atoms with Crippen molar-refractivity contribution in [2.24, 2.45) is 5.92 Å². The summed E-state index contributed by atoms with van der Waals surface area (Å²) in [4.78, 5) is 27.0. The van der Waals surface area contributed by atoms with Gasteiger partial charge in [-0.25, -0.2) is 4.79 Å². The summed E-state index contributed by atoms with van der Waals surface area (Å²) >= 11 is 3.53. The van der Waals surface area contributed by atoms with E-state index in [9.17, 15) is 9.59 Å². The van der Waals surface area contributed by atoms with Gasteiger partial charge in [0.1, 0.15) is 0 Å². The molecule has 0 spiro atoms. The molecular weight excluding hydrogens is 406 g/mol. The minimum Gasteiger partial charge on any atom is -0.349 e. The Bertz CT molecular complexity index is 797. The predicted molar refractivity (Wildman–Crippen MR) is 110 cm³/mol. The number of halogens is 1. The van der Waals surface area contributed by atoms with E-state index in [1.165, 1.54) is 0 Å². The van der Waals surface area contributed by atoms with E-state index in [0.29, 0.717) is 13.1 Å². The molecule has 2 aromatic carbocycles. The lowest BCUT2D eigenvalue weighted by atomic mass is 9.96. The van der Waals surface area contributed by atoms with Crippen molar-refractivity contribution in [2.45, 2.75) is 25.8 Å². The molecule has 1 heterocycles. The average molecular weight is 430 g/mol. The maximum absolute atomic E-state index is 12.7. The molecule has 3 amide bonds. The number of carbonyl (C=O) groups is 2. The third kappa shape index (κ3) is 5.10. The Labute approximate surface area is 168 Å². The second-order valence-corrected chi connectivity index (χ2v) is 7.69. The molecular formula is C21H24BrN3O2. The van der Waals surface area contributed by atoms with Gasteiger partial charge >= 0.3 is 6.03 Å². The van der Waals surface area contributed by atoms with E-state index in [0.717, 1.165) is 28.6 Å². The fourth-order valence-corrected chi connectivity index (χ4v) is 3.96. The fourth-order valence-electron chi connectivity index (χ4n) is 3.33. The van der Waals surface area contributed by atoms with Gasteiger partial charge in [0.25, 0.3) is 0 Å². The highest BCUT2D eigenvalue weighted by atomic mass is 79.9. The molecule has 2 N–H and O–H groups in total. The minimum absolute atomic E-state index is 0.00420. The number of nitrogens with zero attached hydrogens (tertiary/aromatic N) is 1. The van der Waals surface area contributed by atoms with Gasteiger partial charge in [0.15, 0.2) is 0 Å². The third-order valence-electron chi connectivity index (χ3n) is 4.83. The smallest absolute Gasteiger partial charge is 0.321 e. The number of para-hydroxylation sites is 1. The lowest BCUT2D eigenvalue weighted by Crippen LogP contribution is -2.47. The lowest BCUT2D eigenvalue weighted by Gasteiger charge is -2.32. The number of piperidine rings is 1. The zero-order valence-corrected chi connectivity index (χ0v) is 16.9. The zero-order chi connectivity index (χ0) is 19.2. The highest BCUT2D eigenvalue weighted by molar-refractivity contribution is 9.10. The van der Waals surface area contributed by atoms with Gasteiger partial charge in [-0.1, -0.05) is 52.3 Å². The second-order valence-electron chi connectivity index (χ2n) is 6.83. The van der Waals surface area contributed by atoms with E-state index < -0.39 is 0 Å². The van der Waals surface area contributed by atoms with Crippen LogP contribution in [0.1, 0.15) is 31.4 Å². The van der Waals surface area contributed by atoms with Gasteiger partial charge in [-0.15, -0.1) is 0 Å². The number of benzene rings is 2. The number of carbonyl (C=O) groups excluding carboxylic acids is 2. The molecule has 0 radical (unpaired) electrons.